The molecule has 2 aliphatic heterocycles. The molecule has 3 unspecified atom stereocenters. The molecule has 1 fully saturated rings. The van der Waals surface area contributed by atoms with Crippen molar-refractivity contribution in [3.05, 3.63) is 95.3 Å². The highest BCUT2D eigenvalue weighted by atomic mass is 32.2. The van der Waals surface area contributed by atoms with E-state index >= 15 is 0 Å². The first-order chi connectivity index (χ1) is 15.0. The molecule has 3 atom stereocenters. The van der Waals surface area contributed by atoms with E-state index in [0.29, 0.717) is 17.9 Å². The van der Waals surface area contributed by atoms with Crippen LogP contribution >= 0.6 is 0 Å². The largest absolute Gasteiger partial charge is 0.373 e. The first-order valence-corrected chi connectivity index (χ1v) is 11.9. The number of para-hydroxylation sites is 1. The quantitative estimate of drug-likeness (QED) is 0.566. The van der Waals surface area contributed by atoms with Crippen LogP contribution in [0.1, 0.15) is 35.1 Å². The Labute approximate surface area is 182 Å². The number of hydrogen-bond donors (Lipinski definition) is 0. The van der Waals surface area contributed by atoms with Crippen molar-refractivity contribution in [3.63, 3.8) is 0 Å². The Bertz CT molecular complexity index is 1210. The van der Waals surface area contributed by atoms with Gasteiger partial charge in [0.05, 0.1) is 16.7 Å². The van der Waals surface area contributed by atoms with Crippen LogP contribution in [0.25, 0.3) is 0 Å². The number of nitrogens with zero attached hydrogens (tertiary/aromatic N) is 1. The van der Waals surface area contributed by atoms with E-state index in [4.69, 9.17) is 4.74 Å². The lowest BCUT2D eigenvalue weighted by Crippen LogP contribution is -2.46. The maximum atomic E-state index is 14.7. The molecule has 2 heterocycles. The van der Waals surface area contributed by atoms with E-state index in [-0.39, 0.29) is 29.1 Å². The molecule has 0 radical (unpaired) electrons. The number of sulfonamides is 1. The van der Waals surface area contributed by atoms with E-state index in [1.165, 1.54) is 10.4 Å². The highest BCUT2D eigenvalue weighted by molar-refractivity contribution is 7.92. The van der Waals surface area contributed by atoms with Crippen molar-refractivity contribution < 1.29 is 17.5 Å². The second-order valence-corrected chi connectivity index (χ2v) is 10.1. The van der Waals surface area contributed by atoms with Crippen molar-refractivity contribution in [2.45, 2.75) is 30.3 Å². The van der Waals surface area contributed by atoms with E-state index in [2.05, 4.69) is 0 Å². The normalized spacial score (nSPS) is 23.2. The summed E-state index contributed by atoms with van der Waals surface area (Å²) in [6.07, 6.45) is 0.287. The highest BCUT2D eigenvalue weighted by Gasteiger charge is 2.45. The highest BCUT2D eigenvalue weighted by Crippen LogP contribution is 2.50. The average molecular weight is 438 g/mol. The molecule has 1 saturated heterocycles. The van der Waals surface area contributed by atoms with Crippen molar-refractivity contribution in [1.29, 1.82) is 0 Å². The molecule has 0 saturated carbocycles. The van der Waals surface area contributed by atoms with Crippen LogP contribution in [0.15, 0.2) is 77.7 Å². The van der Waals surface area contributed by atoms with Gasteiger partial charge in [-0.3, -0.25) is 4.31 Å². The van der Waals surface area contributed by atoms with E-state index in [1.54, 1.807) is 42.5 Å². The number of anilines is 1. The van der Waals surface area contributed by atoms with Gasteiger partial charge in [-0.15, -0.1) is 0 Å². The Morgan fingerprint density at radius 1 is 0.935 bits per heavy atom. The summed E-state index contributed by atoms with van der Waals surface area (Å²) in [5, 5.41) is 0. The van der Waals surface area contributed by atoms with Crippen molar-refractivity contribution >= 4 is 15.7 Å². The number of rotatable bonds is 3. The van der Waals surface area contributed by atoms with Crippen LogP contribution in [0.5, 0.6) is 0 Å². The third-order valence-electron chi connectivity index (χ3n) is 6.43. The van der Waals surface area contributed by atoms with E-state index < -0.39 is 16.1 Å². The van der Waals surface area contributed by atoms with E-state index in [0.717, 1.165) is 17.5 Å². The predicted octanol–water partition coefficient (Wildman–Crippen LogP) is 5.20. The zero-order valence-electron chi connectivity index (χ0n) is 17.2. The van der Waals surface area contributed by atoms with Crippen LogP contribution in [0.3, 0.4) is 0 Å². The lowest BCUT2D eigenvalue weighted by atomic mass is 9.74. The Morgan fingerprint density at radius 3 is 2.35 bits per heavy atom. The maximum Gasteiger partial charge on any atom is 0.264 e. The monoisotopic (exact) mass is 437 g/mol. The predicted molar refractivity (Wildman–Crippen MR) is 118 cm³/mol. The molecule has 160 valence electrons. The number of benzene rings is 3. The molecule has 31 heavy (non-hydrogen) atoms. The minimum Gasteiger partial charge on any atom is -0.373 e. The summed E-state index contributed by atoms with van der Waals surface area (Å²) in [4.78, 5) is 0.255. The zero-order valence-corrected chi connectivity index (χ0v) is 18.1. The summed E-state index contributed by atoms with van der Waals surface area (Å²) in [5.41, 5.74) is 3.18. The van der Waals surface area contributed by atoms with Crippen LogP contribution in [0.2, 0.25) is 0 Å². The SMILES string of the molecule is Cc1ccc(S(=O)(=O)N2CC3C(CCOC3c3ccccc3F)c3ccccc32)cc1. The first-order valence-electron chi connectivity index (χ1n) is 10.5. The molecule has 0 N–H and O–H groups in total. The van der Waals surface area contributed by atoms with Crippen LogP contribution in [0.4, 0.5) is 10.1 Å². The van der Waals surface area contributed by atoms with Crippen molar-refractivity contribution in [2.75, 3.05) is 17.5 Å². The molecule has 0 spiro atoms. The van der Waals surface area contributed by atoms with Gasteiger partial charge in [0.1, 0.15) is 5.82 Å². The van der Waals surface area contributed by atoms with Gasteiger partial charge in [-0.2, -0.15) is 0 Å². The van der Waals surface area contributed by atoms with Gasteiger partial charge < -0.3 is 4.74 Å². The molecule has 4 nitrogen and oxygen atoms in total. The zero-order chi connectivity index (χ0) is 21.6. The fourth-order valence-electron chi connectivity index (χ4n) is 4.89. The van der Waals surface area contributed by atoms with Crippen LogP contribution in [-0.2, 0) is 14.8 Å². The van der Waals surface area contributed by atoms with Gasteiger partial charge >= 0.3 is 0 Å². The molecule has 2 aliphatic rings. The van der Waals surface area contributed by atoms with Crippen molar-refractivity contribution in [2.24, 2.45) is 5.92 Å². The summed E-state index contributed by atoms with van der Waals surface area (Å²) >= 11 is 0. The van der Waals surface area contributed by atoms with Crippen LogP contribution in [0, 0.1) is 18.7 Å². The summed E-state index contributed by atoms with van der Waals surface area (Å²) in [6.45, 7) is 2.69. The summed E-state index contributed by atoms with van der Waals surface area (Å²) in [5.74, 6) is -0.389. The van der Waals surface area contributed by atoms with Gasteiger partial charge in [0.15, 0.2) is 0 Å². The van der Waals surface area contributed by atoms with Crippen LogP contribution in [-0.4, -0.2) is 21.6 Å². The van der Waals surface area contributed by atoms with Gasteiger partial charge in [0, 0.05) is 24.6 Å². The molecule has 3 aromatic carbocycles. The minimum absolute atomic E-state index is 0.110. The second kappa shape index (κ2) is 7.77. The number of hydrogen-bond acceptors (Lipinski definition) is 3. The number of fused-ring (bicyclic) bond motifs is 3. The van der Waals surface area contributed by atoms with E-state index in [9.17, 15) is 12.8 Å². The number of halogens is 1. The summed E-state index contributed by atoms with van der Waals surface area (Å²) in [6, 6.07) is 21.2. The number of aryl methyl sites for hydroxylation is 1. The van der Waals surface area contributed by atoms with Gasteiger partial charge in [-0.1, -0.05) is 54.1 Å². The van der Waals surface area contributed by atoms with Gasteiger partial charge in [0.2, 0.25) is 0 Å². The van der Waals surface area contributed by atoms with Gasteiger partial charge in [0.25, 0.3) is 10.0 Å². The minimum atomic E-state index is -3.77. The first kappa shape index (κ1) is 20.2. The summed E-state index contributed by atoms with van der Waals surface area (Å²) < 4.78 is 49.5. The molecule has 0 aromatic heterocycles. The lowest BCUT2D eigenvalue weighted by Gasteiger charge is -2.46. The lowest BCUT2D eigenvalue weighted by molar-refractivity contribution is -0.0402. The Morgan fingerprint density at radius 2 is 1.61 bits per heavy atom. The fourth-order valence-corrected chi connectivity index (χ4v) is 6.42. The standard InChI is InChI=1S/C25H24FNO3S/c1-17-10-12-18(13-11-17)31(28,29)27-16-22-19(20-6-3-5-9-24(20)27)14-15-30-25(22)21-7-2-4-8-23(21)26/h2-13,19,22,25H,14-16H2,1H3. The third kappa shape index (κ3) is 3.44. The molecule has 0 amide bonds. The van der Waals surface area contributed by atoms with E-state index in [1.807, 2.05) is 31.2 Å². The van der Waals surface area contributed by atoms with Crippen molar-refractivity contribution in [3.8, 4) is 0 Å². The molecular formula is C25H24FNO3S. The second-order valence-electron chi connectivity index (χ2n) is 8.28. The van der Waals surface area contributed by atoms with Crippen molar-refractivity contribution in [1.82, 2.24) is 0 Å². The molecule has 3 aromatic rings. The Kier molecular flexibility index (Phi) is 5.07. The molecule has 5 rings (SSSR count). The Hall–Kier alpha value is -2.70. The van der Waals surface area contributed by atoms with Gasteiger partial charge in [-0.05, 0) is 49.1 Å². The maximum absolute atomic E-state index is 14.7. The smallest absolute Gasteiger partial charge is 0.264 e. The average Bonchev–Trinajstić information content (AvgIpc) is 2.79. The summed E-state index contributed by atoms with van der Waals surface area (Å²) in [7, 11) is -3.77. The van der Waals surface area contributed by atoms with Gasteiger partial charge in [-0.25, -0.2) is 12.8 Å². The third-order valence-corrected chi connectivity index (χ3v) is 8.23. The molecule has 6 heteroatoms. The molecule has 0 bridgehead atoms. The fraction of sp³-hybridized carbons (Fsp3) is 0.280. The van der Waals surface area contributed by atoms with Crippen LogP contribution < -0.4 is 4.31 Å². The number of ether oxygens (including phenoxy) is 1. The Balaban J connectivity index is 1.62. The molecular weight excluding hydrogens is 413 g/mol. The topological polar surface area (TPSA) is 46.6 Å². The molecule has 0 aliphatic carbocycles.